The Morgan fingerprint density at radius 1 is 1.35 bits per heavy atom. The van der Waals surface area contributed by atoms with Crippen LogP contribution in [-0.4, -0.2) is 23.8 Å². The van der Waals surface area contributed by atoms with Gasteiger partial charge < -0.3 is 9.84 Å². The van der Waals surface area contributed by atoms with Gasteiger partial charge in [0.15, 0.2) is 0 Å². The Morgan fingerprint density at radius 2 is 2.12 bits per heavy atom. The summed E-state index contributed by atoms with van der Waals surface area (Å²) >= 11 is 0. The van der Waals surface area contributed by atoms with Crippen molar-refractivity contribution in [1.82, 2.24) is 0 Å². The van der Waals surface area contributed by atoms with Crippen molar-refractivity contribution in [2.45, 2.75) is 59.0 Å². The fraction of sp³-hybridized carbons (Fsp3) is 0.609. The lowest BCUT2D eigenvalue weighted by Gasteiger charge is -2.44. The van der Waals surface area contributed by atoms with Gasteiger partial charge >= 0.3 is 5.97 Å². The smallest absolute Gasteiger partial charge is 0.338 e. The Labute approximate surface area is 157 Å². The Hall–Kier alpha value is -1.61. The predicted octanol–water partition coefficient (Wildman–Crippen LogP) is 5.09. The molecule has 0 saturated heterocycles. The normalized spacial score (nSPS) is 32.4. The molecule has 0 amide bonds. The number of rotatable bonds is 5. The second kappa shape index (κ2) is 7.96. The topological polar surface area (TPSA) is 46.5 Å². The highest BCUT2D eigenvalue weighted by atomic mass is 16.5. The Kier molecular flexibility index (Phi) is 5.86. The average molecular weight is 357 g/mol. The second-order valence-electron chi connectivity index (χ2n) is 8.28. The van der Waals surface area contributed by atoms with E-state index in [2.05, 4.69) is 26.0 Å². The number of hydrogen-bond donors (Lipinski definition) is 1. The van der Waals surface area contributed by atoms with Crippen LogP contribution in [0.1, 0.15) is 68.8 Å². The third kappa shape index (κ3) is 3.59. The zero-order valence-electron chi connectivity index (χ0n) is 16.3. The average Bonchev–Trinajstić information content (AvgIpc) is 2.98. The number of fused-ring (bicyclic) bond motifs is 1. The summed E-state index contributed by atoms with van der Waals surface area (Å²) in [7, 11) is 0. The largest absolute Gasteiger partial charge is 0.462 e. The van der Waals surface area contributed by atoms with Crippen LogP contribution in [0.3, 0.4) is 0 Å². The van der Waals surface area contributed by atoms with Gasteiger partial charge in [-0.3, -0.25) is 0 Å². The van der Waals surface area contributed by atoms with Crippen molar-refractivity contribution in [3.8, 4) is 0 Å². The van der Waals surface area contributed by atoms with Crippen molar-refractivity contribution in [3.63, 3.8) is 0 Å². The molecule has 0 unspecified atom stereocenters. The highest BCUT2D eigenvalue weighted by Gasteiger charge is 2.51. The third-order valence-corrected chi connectivity index (χ3v) is 6.83. The number of allylic oxidation sites excluding steroid dienone is 1. The van der Waals surface area contributed by atoms with Gasteiger partial charge in [0, 0.05) is 0 Å². The fourth-order valence-electron chi connectivity index (χ4n) is 5.48. The Balaban J connectivity index is 1.76. The van der Waals surface area contributed by atoms with Crippen LogP contribution < -0.4 is 0 Å². The molecule has 1 N–H and O–H groups in total. The maximum atomic E-state index is 12.2. The first-order valence-corrected chi connectivity index (χ1v) is 10.1. The third-order valence-electron chi connectivity index (χ3n) is 6.83. The van der Waals surface area contributed by atoms with E-state index in [9.17, 15) is 9.90 Å². The molecule has 2 saturated carbocycles. The maximum Gasteiger partial charge on any atom is 0.338 e. The van der Waals surface area contributed by atoms with Crippen LogP contribution in [-0.2, 0) is 4.74 Å². The summed E-state index contributed by atoms with van der Waals surface area (Å²) < 4.78 is 5.17. The summed E-state index contributed by atoms with van der Waals surface area (Å²) in [5.41, 5.74) is 1.78. The van der Waals surface area contributed by atoms with Gasteiger partial charge in [-0.05, 0) is 67.4 Å². The van der Waals surface area contributed by atoms with Crippen LogP contribution in [0, 0.1) is 23.2 Å². The van der Waals surface area contributed by atoms with Crippen LogP contribution >= 0.6 is 0 Å². The lowest BCUT2D eigenvalue weighted by atomic mass is 9.62. The molecule has 0 heterocycles. The van der Waals surface area contributed by atoms with E-state index in [0.717, 1.165) is 24.8 Å². The molecule has 1 aromatic rings. The molecule has 2 aliphatic rings. The summed E-state index contributed by atoms with van der Waals surface area (Å²) in [6.45, 7) is 6.88. The van der Waals surface area contributed by atoms with Gasteiger partial charge in [-0.25, -0.2) is 4.79 Å². The van der Waals surface area contributed by atoms with Crippen molar-refractivity contribution >= 4 is 12.0 Å². The zero-order chi connectivity index (χ0) is 18.7. The molecule has 0 radical (unpaired) electrons. The van der Waals surface area contributed by atoms with Crippen molar-refractivity contribution < 1.29 is 14.6 Å². The summed E-state index contributed by atoms with van der Waals surface area (Å²) in [4.78, 5) is 12.2. The fourth-order valence-corrected chi connectivity index (χ4v) is 5.48. The monoisotopic (exact) mass is 356 g/mol. The van der Waals surface area contributed by atoms with Crippen molar-refractivity contribution in [2.24, 2.45) is 23.2 Å². The molecule has 2 fully saturated rings. The first-order chi connectivity index (χ1) is 12.5. The molecule has 5 atom stereocenters. The van der Waals surface area contributed by atoms with Gasteiger partial charge in [-0.15, -0.1) is 0 Å². The van der Waals surface area contributed by atoms with E-state index in [4.69, 9.17) is 4.74 Å². The van der Waals surface area contributed by atoms with Crippen LogP contribution in [0.15, 0.2) is 30.3 Å². The highest BCUT2D eigenvalue weighted by molar-refractivity contribution is 5.93. The van der Waals surface area contributed by atoms with Gasteiger partial charge in [0.1, 0.15) is 0 Å². The number of aliphatic hydroxyl groups is 1. The van der Waals surface area contributed by atoms with Gasteiger partial charge in [-0.1, -0.05) is 50.6 Å². The minimum atomic E-state index is -0.260. The van der Waals surface area contributed by atoms with Crippen LogP contribution in [0.5, 0.6) is 0 Å². The molecule has 0 bridgehead atoms. The molecule has 0 aromatic heterocycles. The molecule has 3 rings (SSSR count). The van der Waals surface area contributed by atoms with Crippen LogP contribution in [0.25, 0.3) is 6.08 Å². The van der Waals surface area contributed by atoms with Crippen LogP contribution in [0.4, 0.5) is 0 Å². The minimum Gasteiger partial charge on any atom is -0.462 e. The number of carbonyl (C=O) groups excluding carboxylic acids is 1. The standard InChI is InChI=1S/C23H32O3/c1-4-26-22(25)18-9-6-5-8-17(18)12-11-16(2)19-13-14-20-21(24)10-7-15-23(19,20)3/h5-6,8-9,11-12,16,19-21,24H,4,7,10,13-15H2,1-3H3/b12-11+/t16-,19-,20+,21+,23+/m1/s1. The molecule has 26 heavy (non-hydrogen) atoms. The number of esters is 1. The number of hydrogen-bond acceptors (Lipinski definition) is 3. The molecule has 3 nitrogen and oxygen atoms in total. The SMILES string of the molecule is CCOC(=O)c1ccccc1/C=C/[C@@H](C)[C@H]1CC[C@H]2[C@@H](O)CCC[C@@]12C. The Bertz CT molecular complexity index is 665. The van der Waals surface area contributed by atoms with E-state index in [1.165, 1.54) is 12.8 Å². The molecule has 2 aliphatic carbocycles. The van der Waals surface area contributed by atoms with Gasteiger partial charge in [0.25, 0.3) is 0 Å². The number of ether oxygens (including phenoxy) is 1. The first kappa shape index (κ1) is 19.2. The predicted molar refractivity (Wildman–Crippen MR) is 105 cm³/mol. The highest BCUT2D eigenvalue weighted by Crippen LogP contribution is 2.57. The summed E-state index contributed by atoms with van der Waals surface area (Å²) in [6, 6.07) is 7.63. The summed E-state index contributed by atoms with van der Waals surface area (Å²) in [5, 5.41) is 10.4. The van der Waals surface area contributed by atoms with E-state index in [0.29, 0.717) is 29.9 Å². The zero-order valence-corrected chi connectivity index (χ0v) is 16.3. The van der Waals surface area contributed by atoms with E-state index in [1.807, 2.05) is 31.2 Å². The molecule has 1 aromatic carbocycles. The summed E-state index contributed by atoms with van der Waals surface area (Å²) in [6.07, 6.45) is 9.83. The quantitative estimate of drug-likeness (QED) is 0.748. The maximum absolute atomic E-state index is 12.2. The molecule has 0 spiro atoms. The number of benzene rings is 1. The van der Waals surface area contributed by atoms with E-state index < -0.39 is 0 Å². The first-order valence-electron chi connectivity index (χ1n) is 10.1. The lowest BCUT2D eigenvalue weighted by molar-refractivity contribution is -0.0230. The van der Waals surface area contributed by atoms with E-state index in [1.54, 1.807) is 0 Å². The van der Waals surface area contributed by atoms with Crippen molar-refractivity contribution in [2.75, 3.05) is 6.61 Å². The lowest BCUT2D eigenvalue weighted by Crippen LogP contribution is -2.41. The van der Waals surface area contributed by atoms with Crippen molar-refractivity contribution in [3.05, 3.63) is 41.5 Å². The molecular weight excluding hydrogens is 324 g/mol. The van der Waals surface area contributed by atoms with E-state index >= 15 is 0 Å². The molecule has 142 valence electrons. The van der Waals surface area contributed by atoms with Gasteiger partial charge in [0.2, 0.25) is 0 Å². The number of aliphatic hydroxyl groups excluding tert-OH is 1. The van der Waals surface area contributed by atoms with Gasteiger partial charge in [0.05, 0.1) is 18.3 Å². The second-order valence-corrected chi connectivity index (χ2v) is 8.28. The molecule has 0 aliphatic heterocycles. The minimum absolute atomic E-state index is 0.125. The van der Waals surface area contributed by atoms with Crippen LogP contribution in [0.2, 0.25) is 0 Å². The van der Waals surface area contributed by atoms with Crippen molar-refractivity contribution in [1.29, 1.82) is 0 Å². The molecular formula is C23H32O3. The van der Waals surface area contributed by atoms with Gasteiger partial charge in [-0.2, -0.15) is 0 Å². The summed E-state index contributed by atoms with van der Waals surface area (Å²) in [5.74, 6) is 1.20. The Morgan fingerprint density at radius 3 is 2.88 bits per heavy atom. The van der Waals surface area contributed by atoms with E-state index in [-0.39, 0.29) is 17.5 Å². The number of carbonyl (C=O) groups is 1. The molecule has 3 heteroatoms.